The summed E-state index contributed by atoms with van der Waals surface area (Å²) in [6.45, 7) is 0.929. The fraction of sp³-hybridized carbons (Fsp3) is 0.500. The molecule has 5 rings (SSSR count). The van der Waals surface area contributed by atoms with Crippen molar-refractivity contribution in [2.45, 2.75) is 77.2 Å². The molecule has 4 atom stereocenters. The minimum Gasteiger partial charge on any atom is -0.469 e. The Bertz CT molecular complexity index is 1360. The highest BCUT2D eigenvalue weighted by atomic mass is 19.3. The maximum Gasteiger partial charge on any atom is 0.387 e. The lowest BCUT2D eigenvalue weighted by molar-refractivity contribution is -0.147. The number of esters is 1. The fourth-order valence-electron chi connectivity index (χ4n) is 6.03. The summed E-state index contributed by atoms with van der Waals surface area (Å²) in [5.74, 6) is -1.41. The molecule has 1 aromatic heterocycles. The van der Waals surface area contributed by atoms with Crippen LogP contribution in [-0.4, -0.2) is 40.4 Å². The fourth-order valence-corrected chi connectivity index (χ4v) is 6.03. The van der Waals surface area contributed by atoms with E-state index in [0.717, 1.165) is 66.2 Å². The van der Waals surface area contributed by atoms with Crippen molar-refractivity contribution < 1.29 is 32.5 Å². The lowest BCUT2D eigenvalue weighted by atomic mass is 9.85. The number of aromatic nitrogens is 2. The number of ether oxygens (including phenoxy) is 2. The number of rotatable bonds is 6. The summed E-state index contributed by atoms with van der Waals surface area (Å²) in [7, 11) is 1.37. The van der Waals surface area contributed by atoms with Crippen LogP contribution in [0.25, 0.3) is 11.0 Å². The SMILES string of the molecule is COC(=O)[C@@H]1CCC[C@@H](n2c(C(O)c3cc(F)ccc3OC(F)F)nc3c4c(cc(C)c32)N[C@@H](C)CC4)C1. The lowest BCUT2D eigenvalue weighted by Crippen LogP contribution is -2.27. The molecule has 38 heavy (non-hydrogen) atoms. The Kier molecular flexibility index (Phi) is 7.26. The summed E-state index contributed by atoms with van der Waals surface area (Å²) in [5, 5.41) is 15.1. The van der Waals surface area contributed by atoms with Crippen LogP contribution in [0.2, 0.25) is 0 Å². The zero-order valence-corrected chi connectivity index (χ0v) is 21.6. The second kappa shape index (κ2) is 10.5. The van der Waals surface area contributed by atoms with Crippen molar-refractivity contribution in [2.75, 3.05) is 12.4 Å². The van der Waals surface area contributed by atoms with Crippen molar-refractivity contribution in [2.24, 2.45) is 5.92 Å². The Morgan fingerprint density at radius 2 is 2.03 bits per heavy atom. The molecule has 2 N–H and O–H groups in total. The van der Waals surface area contributed by atoms with E-state index in [1.165, 1.54) is 7.11 Å². The molecule has 0 amide bonds. The maximum absolute atomic E-state index is 14.3. The predicted octanol–water partition coefficient (Wildman–Crippen LogP) is 5.82. The van der Waals surface area contributed by atoms with Crippen molar-refractivity contribution in [3.8, 4) is 5.75 Å². The summed E-state index contributed by atoms with van der Waals surface area (Å²) in [4.78, 5) is 17.3. The van der Waals surface area contributed by atoms with Crippen LogP contribution in [0, 0.1) is 18.7 Å². The number of aliphatic hydroxyl groups excluding tert-OH is 1. The first-order valence-corrected chi connectivity index (χ1v) is 13.0. The van der Waals surface area contributed by atoms with E-state index in [-0.39, 0.29) is 35.1 Å². The van der Waals surface area contributed by atoms with Gasteiger partial charge in [0.1, 0.15) is 23.5 Å². The van der Waals surface area contributed by atoms with Crippen molar-refractivity contribution in [3.05, 3.63) is 52.6 Å². The first-order valence-electron chi connectivity index (χ1n) is 13.0. The standard InChI is InChI=1S/C28H32F3N3O4/c1-14-11-21-19(9-7-15(2)32-21)23-24(14)34(18-6-4-5-16(12-18)27(36)37-3)26(33-23)25(35)20-13-17(29)8-10-22(20)38-28(30)31/h8,10-11,13,15-16,18,25,28,32,35H,4-7,9,12H2,1-3H3/t15-,16+,18+,25?/m0/s1. The summed E-state index contributed by atoms with van der Waals surface area (Å²) < 4.78 is 52.2. The van der Waals surface area contributed by atoms with Crippen molar-refractivity contribution in [1.29, 1.82) is 0 Å². The van der Waals surface area contributed by atoms with E-state index in [0.29, 0.717) is 24.4 Å². The molecule has 0 radical (unpaired) electrons. The van der Waals surface area contributed by atoms with Gasteiger partial charge < -0.3 is 24.5 Å². The number of nitrogens with one attached hydrogen (secondary N) is 1. The number of alkyl halides is 2. The van der Waals surface area contributed by atoms with Crippen LogP contribution >= 0.6 is 0 Å². The normalized spacial score (nSPS) is 22.2. The van der Waals surface area contributed by atoms with Gasteiger partial charge in [0.25, 0.3) is 0 Å². The van der Waals surface area contributed by atoms with E-state index < -0.39 is 18.5 Å². The van der Waals surface area contributed by atoms with Crippen molar-refractivity contribution in [3.63, 3.8) is 0 Å². The van der Waals surface area contributed by atoms with Crippen LogP contribution in [0.4, 0.5) is 18.9 Å². The predicted molar refractivity (Wildman–Crippen MR) is 136 cm³/mol. The molecule has 0 saturated heterocycles. The third kappa shape index (κ3) is 4.81. The maximum atomic E-state index is 14.3. The van der Waals surface area contributed by atoms with E-state index in [1.54, 1.807) is 0 Å². The number of fused-ring (bicyclic) bond motifs is 3. The molecule has 2 aliphatic rings. The van der Waals surface area contributed by atoms with Crippen LogP contribution in [0.1, 0.15) is 73.7 Å². The number of imidazole rings is 1. The zero-order valence-electron chi connectivity index (χ0n) is 21.6. The average molecular weight is 532 g/mol. The molecule has 1 aliphatic heterocycles. The molecule has 0 spiro atoms. The summed E-state index contributed by atoms with van der Waals surface area (Å²) in [6.07, 6.45) is 2.81. The van der Waals surface area contributed by atoms with Crippen LogP contribution in [-0.2, 0) is 16.0 Å². The largest absolute Gasteiger partial charge is 0.469 e. The third-order valence-electron chi connectivity index (χ3n) is 7.79. The van der Waals surface area contributed by atoms with E-state index in [2.05, 4.69) is 23.0 Å². The molecule has 10 heteroatoms. The monoisotopic (exact) mass is 531 g/mol. The van der Waals surface area contributed by atoms with Crippen LogP contribution in [0.15, 0.2) is 24.3 Å². The summed E-state index contributed by atoms with van der Waals surface area (Å²) in [6, 6.07) is 5.24. The number of hydrogen-bond donors (Lipinski definition) is 2. The van der Waals surface area contributed by atoms with Gasteiger partial charge in [0, 0.05) is 28.9 Å². The number of halogens is 3. The third-order valence-corrected chi connectivity index (χ3v) is 7.79. The molecule has 1 saturated carbocycles. The lowest BCUT2D eigenvalue weighted by Gasteiger charge is -2.31. The Morgan fingerprint density at radius 3 is 2.76 bits per heavy atom. The molecule has 204 valence electrons. The first kappa shape index (κ1) is 26.3. The Balaban J connectivity index is 1.71. The van der Waals surface area contributed by atoms with Gasteiger partial charge in [-0.05, 0) is 75.8 Å². The molecule has 7 nitrogen and oxygen atoms in total. The molecule has 3 aromatic rings. The number of nitrogens with zero attached hydrogens (tertiary/aromatic N) is 2. The van der Waals surface area contributed by atoms with Gasteiger partial charge in [-0.2, -0.15) is 8.78 Å². The van der Waals surface area contributed by atoms with Gasteiger partial charge in [-0.15, -0.1) is 0 Å². The number of aryl methyl sites for hydroxylation is 2. The van der Waals surface area contributed by atoms with Gasteiger partial charge in [0.2, 0.25) is 0 Å². The number of carbonyl (C=O) groups is 1. The van der Waals surface area contributed by atoms with Gasteiger partial charge in [-0.1, -0.05) is 6.42 Å². The number of anilines is 1. The second-order valence-electron chi connectivity index (χ2n) is 10.3. The van der Waals surface area contributed by atoms with E-state index in [1.807, 2.05) is 11.5 Å². The highest BCUT2D eigenvalue weighted by molar-refractivity contribution is 5.89. The molecule has 1 unspecified atom stereocenters. The molecular weight excluding hydrogens is 499 g/mol. The van der Waals surface area contributed by atoms with Gasteiger partial charge in [-0.25, -0.2) is 9.37 Å². The first-order chi connectivity index (χ1) is 18.2. The highest BCUT2D eigenvalue weighted by Gasteiger charge is 2.35. The molecular formula is C28H32F3N3O4. The summed E-state index contributed by atoms with van der Waals surface area (Å²) in [5.41, 5.74) is 4.30. The molecule has 0 bridgehead atoms. The van der Waals surface area contributed by atoms with E-state index in [9.17, 15) is 23.1 Å². The number of aliphatic hydroxyl groups is 1. The molecule has 2 heterocycles. The number of benzene rings is 2. The van der Waals surface area contributed by atoms with Gasteiger partial charge in [0.15, 0.2) is 0 Å². The zero-order chi connectivity index (χ0) is 27.1. The quantitative estimate of drug-likeness (QED) is 0.390. The number of methoxy groups -OCH3 is 1. The molecule has 2 aromatic carbocycles. The average Bonchev–Trinajstić information content (AvgIpc) is 3.30. The number of carbonyl (C=O) groups excluding carboxylic acids is 1. The Labute approximate surface area is 219 Å². The van der Waals surface area contributed by atoms with Crippen molar-refractivity contribution >= 4 is 22.7 Å². The minimum atomic E-state index is -3.15. The topological polar surface area (TPSA) is 85.6 Å². The Hall–Kier alpha value is -3.27. The van der Waals surface area contributed by atoms with Gasteiger partial charge in [0.05, 0.1) is 24.1 Å². The van der Waals surface area contributed by atoms with Gasteiger partial charge in [-0.3, -0.25) is 4.79 Å². The van der Waals surface area contributed by atoms with E-state index >= 15 is 0 Å². The second-order valence-corrected chi connectivity index (χ2v) is 10.3. The molecule has 1 aliphatic carbocycles. The smallest absolute Gasteiger partial charge is 0.387 e. The van der Waals surface area contributed by atoms with E-state index in [4.69, 9.17) is 9.72 Å². The van der Waals surface area contributed by atoms with Crippen LogP contribution < -0.4 is 10.1 Å². The van der Waals surface area contributed by atoms with Crippen LogP contribution in [0.3, 0.4) is 0 Å². The van der Waals surface area contributed by atoms with Crippen LogP contribution in [0.5, 0.6) is 5.75 Å². The van der Waals surface area contributed by atoms with Crippen molar-refractivity contribution in [1.82, 2.24) is 9.55 Å². The summed E-state index contributed by atoms with van der Waals surface area (Å²) >= 11 is 0. The van der Waals surface area contributed by atoms with Gasteiger partial charge >= 0.3 is 12.6 Å². The highest BCUT2D eigenvalue weighted by Crippen LogP contribution is 2.43. The minimum absolute atomic E-state index is 0.138. The Morgan fingerprint density at radius 1 is 1.24 bits per heavy atom. The molecule has 1 fully saturated rings. The number of hydrogen-bond acceptors (Lipinski definition) is 6.